The fourth-order valence-corrected chi connectivity index (χ4v) is 4.26. The van der Waals surface area contributed by atoms with Crippen LogP contribution in [0, 0.1) is 6.92 Å². The molecule has 0 spiro atoms. The SMILES string of the molecule is COc1ccc(/C=C2\N=C(SCCOc3ccccc3C)N(c3cccc(OC)c3)C2=O)cc1. The molecule has 7 heteroatoms. The largest absolute Gasteiger partial charge is 0.497 e. The maximum atomic E-state index is 13.4. The number of thioether (sulfide) groups is 1. The Labute approximate surface area is 203 Å². The van der Waals surface area contributed by atoms with Crippen LogP contribution in [-0.2, 0) is 4.79 Å². The van der Waals surface area contributed by atoms with Gasteiger partial charge in [-0.05, 0) is 54.5 Å². The lowest BCUT2D eigenvalue weighted by atomic mass is 10.2. The molecule has 1 aliphatic rings. The fourth-order valence-electron chi connectivity index (χ4n) is 3.43. The highest BCUT2D eigenvalue weighted by atomic mass is 32.2. The van der Waals surface area contributed by atoms with Gasteiger partial charge < -0.3 is 14.2 Å². The standard InChI is InChI=1S/C27H26N2O4S/c1-19-7-4-5-10-25(19)33-15-16-34-27-28-24(17-20-11-13-22(31-2)14-12-20)26(30)29(27)21-8-6-9-23(18-21)32-3/h4-14,17-18H,15-16H2,1-3H3/b24-17-. The summed E-state index contributed by atoms with van der Waals surface area (Å²) < 4.78 is 16.5. The topological polar surface area (TPSA) is 60.4 Å². The number of carbonyl (C=O) groups excluding carboxylic acids is 1. The van der Waals surface area contributed by atoms with Crippen LogP contribution in [0.3, 0.4) is 0 Å². The van der Waals surface area contributed by atoms with Crippen molar-refractivity contribution in [2.24, 2.45) is 4.99 Å². The number of hydrogen-bond donors (Lipinski definition) is 0. The average Bonchev–Trinajstić information content (AvgIpc) is 3.18. The molecule has 3 aromatic carbocycles. The molecule has 0 saturated heterocycles. The minimum Gasteiger partial charge on any atom is -0.497 e. The highest BCUT2D eigenvalue weighted by molar-refractivity contribution is 8.14. The number of anilines is 1. The molecular formula is C27H26N2O4S. The molecule has 0 atom stereocenters. The molecule has 0 fully saturated rings. The zero-order valence-electron chi connectivity index (χ0n) is 19.4. The highest BCUT2D eigenvalue weighted by Crippen LogP contribution is 2.31. The molecule has 0 bridgehead atoms. The van der Waals surface area contributed by atoms with Crippen LogP contribution in [0.15, 0.2) is 83.5 Å². The number of nitrogens with zero attached hydrogens (tertiary/aromatic N) is 2. The summed E-state index contributed by atoms with van der Waals surface area (Å²) in [7, 11) is 3.23. The van der Waals surface area contributed by atoms with Crippen molar-refractivity contribution in [3.63, 3.8) is 0 Å². The van der Waals surface area contributed by atoms with Crippen LogP contribution in [-0.4, -0.2) is 37.7 Å². The van der Waals surface area contributed by atoms with Gasteiger partial charge >= 0.3 is 0 Å². The molecule has 0 aromatic heterocycles. The summed E-state index contributed by atoms with van der Waals surface area (Å²) >= 11 is 1.48. The van der Waals surface area contributed by atoms with E-state index in [9.17, 15) is 4.79 Å². The number of carbonyl (C=O) groups is 1. The molecule has 1 amide bonds. The minimum absolute atomic E-state index is 0.189. The second-order valence-electron chi connectivity index (χ2n) is 7.50. The van der Waals surface area contributed by atoms with E-state index < -0.39 is 0 Å². The van der Waals surface area contributed by atoms with Crippen molar-refractivity contribution < 1.29 is 19.0 Å². The van der Waals surface area contributed by atoms with Crippen LogP contribution >= 0.6 is 11.8 Å². The lowest BCUT2D eigenvalue weighted by Crippen LogP contribution is -2.30. The first-order valence-corrected chi connectivity index (χ1v) is 11.8. The van der Waals surface area contributed by atoms with Gasteiger partial charge in [-0.25, -0.2) is 4.99 Å². The second kappa shape index (κ2) is 10.9. The van der Waals surface area contributed by atoms with Gasteiger partial charge in [0.25, 0.3) is 5.91 Å². The Hall–Kier alpha value is -3.71. The molecular weight excluding hydrogens is 448 g/mol. The lowest BCUT2D eigenvalue weighted by molar-refractivity contribution is -0.113. The van der Waals surface area contributed by atoms with Crippen molar-refractivity contribution in [1.29, 1.82) is 0 Å². The first kappa shape index (κ1) is 23.4. The van der Waals surface area contributed by atoms with E-state index in [0.717, 1.165) is 22.6 Å². The third kappa shape index (κ3) is 5.43. The smallest absolute Gasteiger partial charge is 0.283 e. The summed E-state index contributed by atoms with van der Waals surface area (Å²) in [6.07, 6.45) is 1.78. The van der Waals surface area contributed by atoms with Gasteiger partial charge in [-0.1, -0.05) is 48.2 Å². The van der Waals surface area contributed by atoms with Crippen molar-refractivity contribution in [2.45, 2.75) is 6.92 Å². The number of methoxy groups -OCH3 is 2. The molecule has 0 radical (unpaired) electrons. The molecule has 0 aliphatic carbocycles. The Bertz CT molecular complexity index is 1220. The van der Waals surface area contributed by atoms with E-state index in [2.05, 4.69) is 4.99 Å². The summed E-state index contributed by atoms with van der Waals surface area (Å²) in [5, 5.41) is 0.603. The Morgan fingerprint density at radius 1 is 0.941 bits per heavy atom. The monoisotopic (exact) mass is 474 g/mol. The number of ether oxygens (including phenoxy) is 3. The Balaban J connectivity index is 1.55. The second-order valence-corrected chi connectivity index (χ2v) is 8.56. The van der Waals surface area contributed by atoms with E-state index in [1.807, 2.05) is 79.7 Å². The Kier molecular flexibility index (Phi) is 7.54. The predicted octanol–water partition coefficient (Wildman–Crippen LogP) is 5.57. The van der Waals surface area contributed by atoms with Crippen LogP contribution in [0.25, 0.3) is 6.08 Å². The van der Waals surface area contributed by atoms with Gasteiger partial charge in [-0.15, -0.1) is 0 Å². The number of amides is 1. The van der Waals surface area contributed by atoms with Gasteiger partial charge in [0.2, 0.25) is 0 Å². The molecule has 6 nitrogen and oxygen atoms in total. The van der Waals surface area contributed by atoms with Crippen molar-refractivity contribution >= 4 is 34.6 Å². The van der Waals surface area contributed by atoms with Crippen molar-refractivity contribution in [2.75, 3.05) is 31.5 Å². The van der Waals surface area contributed by atoms with Gasteiger partial charge in [0.15, 0.2) is 5.17 Å². The minimum atomic E-state index is -0.189. The number of amidine groups is 1. The lowest BCUT2D eigenvalue weighted by Gasteiger charge is -2.18. The Morgan fingerprint density at radius 2 is 1.71 bits per heavy atom. The molecule has 0 unspecified atom stereocenters. The molecule has 34 heavy (non-hydrogen) atoms. The van der Waals surface area contributed by atoms with Gasteiger partial charge in [0, 0.05) is 11.8 Å². The summed E-state index contributed by atoms with van der Waals surface area (Å²) in [6.45, 7) is 2.51. The van der Waals surface area contributed by atoms with Gasteiger partial charge in [-0.3, -0.25) is 9.69 Å². The number of para-hydroxylation sites is 1. The van der Waals surface area contributed by atoms with E-state index in [1.54, 1.807) is 25.2 Å². The number of benzene rings is 3. The van der Waals surface area contributed by atoms with E-state index >= 15 is 0 Å². The van der Waals surface area contributed by atoms with Crippen LogP contribution < -0.4 is 19.1 Å². The summed E-state index contributed by atoms with van der Waals surface area (Å²) in [5.41, 5.74) is 3.03. The van der Waals surface area contributed by atoms with Crippen molar-refractivity contribution in [3.8, 4) is 17.2 Å². The number of rotatable bonds is 8. The number of hydrogen-bond acceptors (Lipinski definition) is 6. The van der Waals surface area contributed by atoms with Crippen LogP contribution in [0.2, 0.25) is 0 Å². The van der Waals surface area contributed by atoms with Crippen LogP contribution in [0.5, 0.6) is 17.2 Å². The summed E-state index contributed by atoms with van der Waals surface area (Å²) in [6, 6.07) is 22.8. The third-order valence-corrected chi connectivity index (χ3v) is 6.13. The third-order valence-electron chi connectivity index (χ3n) is 5.23. The highest BCUT2D eigenvalue weighted by Gasteiger charge is 2.32. The molecule has 3 aromatic rings. The Morgan fingerprint density at radius 3 is 2.44 bits per heavy atom. The van der Waals surface area contributed by atoms with E-state index in [4.69, 9.17) is 14.2 Å². The first-order chi connectivity index (χ1) is 16.6. The van der Waals surface area contributed by atoms with E-state index in [1.165, 1.54) is 11.8 Å². The van der Waals surface area contributed by atoms with Gasteiger partial charge in [0.1, 0.15) is 22.9 Å². The maximum absolute atomic E-state index is 13.4. The first-order valence-electron chi connectivity index (χ1n) is 10.8. The zero-order valence-corrected chi connectivity index (χ0v) is 20.2. The number of aryl methyl sites for hydroxylation is 1. The molecule has 1 aliphatic heterocycles. The average molecular weight is 475 g/mol. The molecule has 4 rings (SSSR count). The summed E-state index contributed by atoms with van der Waals surface area (Å²) in [5.74, 6) is 2.73. The quantitative estimate of drug-likeness (QED) is 0.316. The fraction of sp³-hybridized carbons (Fsp3) is 0.185. The zero-order chi connectivity index (χ0) is 23.9. The molecule has 1 heterocycles. The summed E-state index contributed by atoms with van der Waals surface area (Å²) in [4.78, 5) is 19.7. The van der Waals surface area contributed by atoms with Crippen LogP contribution in [0.4, 0.5) is 5.69 Å². The van der Waals surface area contributed by atoms with E-state index in [-0.39, 0.29) is 5.91 Å². The maximum Gasteiger partial charge on any atom is 0.283 e. The van der Waals surface area contributed by atoms with Crippen molar-refractivity contribution in [3.05, 3.63) is 89.6 Å². The molecule has 0 N–H and O–H groups in total. The molecule has 174 valence electrons. The predicted molar refractivity (Wildman–Crippen MR) is 138 cm³/mol. The molecule has 0 saturated carbocycles. The normalized spacial score (nSPS) is 14.3. The van der Waals surface area contributed by atoms with E-state index in [0.29, 0.717) is 34.7 Å². The van der Waals surface area contributed by atoms with Crippen molar-refractivity contribution in [1.82, 2.24) is 0 Å². The number of aliphatic imine (C=N–C) groups is 1. The van der Waals surface area contributed by atoms with Gasteiger partial charge in [0.05, 0.1) is 26.5 Å². The van der Waals surface area contributed by atoms with Gasteiger partial charge in [-0.2, -0.15) is 0 Å². The van der Waals surface area contributed by atoms with Crippen LogP contribution in [0.1, 0.15) is 11.1 Å².